The zero-order valence-corrected chi connectivity index (χ0v) is 15.4. The summed E-state index contributed by atoms with van der Waals surface area (Å²) in [6, 6.07) is 16.3. The number of aliphatic hydroxyl groups excluding tert-OH is 1. The molecular formula is C21H27NO4. The van der Waals surface area contributed by atoms with Gasteiger partial charge in [-0.1, -0.05) is 36.4 Å². The number of benzene rings is 2. The zero-order valence-electron chi connectivity index (χ0n) is 15.4. The van der Waals surface area contributed by atoms with Gasteiger partial charge in [0.1, 0.15) is 0 Å². The highest BCUT2D eigenvalue weighted by molar-refractivity contribution is 5.44. The van der Waals surface area contributed by atoms with Crippen LogP contribution in [0.3, 0.4) is 0 Å². The molecule has 0 fully saturated rings. The molecule has 5 nitrogen and oxygen atoms in total. The van der Waals surface area contributed by atoms with Gasteiger partial charge >= 0.3 is 0 Å². The van der Waals surface area contributed by atoms with E-state index in [1.54, 1.807) is 0 Å². The third-order valence-corrected chi connectivity index (χ3v) is 4.18. The van der Waals surface area contributed by atoms with E-state index in [2.05, 4.69) is 17.0 Å². The van der Waals surface area contributed by atoms with E-state index in [9.17, 15) is 5.11 Å². The third-order valence-electron chi connectivity index (χ3n) is 4.18. The number of hydrogen-bond donors (Lipinski definition) is 1. The molecule has 2 aromatic rings. The number of ether oxygens (including phenoxy) is 3. The summed E-state index contributed by atoms with van der Waals surface area (Å²) >= 11 is 0. The molecule has 1 aliphatic rings. The van der Waals surface area contributed by atoms with Crippen LogP contribution in [0.5, 0.6) is 11.5 Å². The summed E-state index contributed by atoms with van der Waals surface area (Å²) in [7, 11) is 0. The molecule has 0 saturated heterocycles. The van der Waals surface area contributed by atoms with Crippen LogP contribution in [0.25, 0.3) is 0 Å². The lowest BCUT2D eigenvalue weighted by molar-refractivity contribution is -0.0106. The molecule has 1 N–H and O–H groups in total. The van der Waals surface area contributed by atoms with Gasteiger partial charge in [0.05, 0.1) is 18.8 Å². The van der Waals surface area contributed by atoms with E-state index in [0.29, 0.717) is 19.7 Å². The Labute approximate surface area is 155 Å². The van der Waals surface area contributed by atoms with Gasteiger partial charge in [-0.15, -0.1) is 0 Å². The quantitative estimate of drug-likeness (QED) is 0.747. The fourth-order valence-corrected chi connectivity index (χ4v) is 2.98. The van der Waals surface area contributed by atoms with Crippen molar-refractivity contribution >= 4 is 0 Å². The molecule has 1 heterocycles. The summed E-state index contributed by atoms with van der Waals surface area (Å²) in [6.07, 6.45) is -0.420. The lowest BCUT2D eigenvalue weighted by Gasteiger charge is -2.26. The van der Waals surface area contributed by atoms with Crippen molar-refractivity contribution in [1.29, 1.82) is 0 Å². The van der Waals surface area contributed by atoms with Crippen LogP contribution >= 0.6 is 0 Å². The molecule has 26 heavy (non-hydrogen) atoms. The van der Waals surface area contributed by atoms with Crippen LogP contribution in [0.15, 0.2) is 48.5 Å². The highest BCUT2D eigenvalue weighted by Crippen LogP contribution is 2.32. The first-order chi connectivity index (χ1) is 12.6. The Morgan fingerprint density at radius 1 is 1.00 bits per heavy atom. The highest BCUT2D eigenvalue weighted by Gasteiger charge is 2.17. The van der Waals surface area contributed by atoms with E-state index >= 15 is 0 Å². The Hall–Kier alpha value is -2.08. The molecule has 0 aliphatic carbocycles. The van der Waals surface area contributed by atoms with Crippen molar-refractivity contribution in [3.63, 3.8) is 0 Å². The van der Waals surface area contributed by atoms with Gasteiger partial charge in [0.15, 0.2) is 11.5 Å². The van der Waals surface area contributed by atoms with Crippen molar-refractivity contribution in [3.05, 3.63) is 59.7 Å². The maximum atomic E-state index is 10.4. The van der Waals surface area contributed by atoms with E-state index in [1.807, 2.05) is 50.2 Å². The van der Waals surface area contributed by atoms with Crippen LogP contribution in [0, 0.1) is 0 Å². The predicted molar refractivity (Wildman–Crippen MR) is 100 cm³/mol. The molecule has 140 valence electrons. The van der Waals surface area contributed by atoms with Crippen LogP contribution < -0.4 is 9.47 Å². The monoisotopic (exact) mass is 357 g/mol. The van der Waals surface area contributed by atoms with Crippen LogP contribution in [0.4, 0.5) is 0 Å². The minimum Gasteiger partial charge on any atom is -0.454 e. The summed E-state index contributed by atoms with van der Waals surface area (Å²) in [5, 5.41) is 10.4. The Morgan fingerprint density at radius 3 is 2.50 bits per heavy atom. The summed E-state index contributed by atoms with van der Waals surface area (Å²) in [4.78, 5) is 2.22. The van der Waals surface area contributed by atoms with E-state index < -0.39 is 6.10 Å². The number of fused-ring (bicyclic) bond motifs is 1. The van der Waals surface area contributed by atoms with Gasteiger partial charge in [0.2, 0.25) is 6.79 Å². The van der Waals surface area contributed by atoms with Gasteiger partial charge in [-0.25, -0.2) is 0 Å². The molecule has 0 unspecified atom stereocenters. The maximum Gasteiger partial charge on any atom is 0.231 e. The van der Waals surface area contributed by atoms with E-state index in [0.717, 1.165) is 23.6 Å². The second-order valence-electron chi connectivity index (χ2n) is 6.88. The molecule has 0 amide bonds. The van der Waals surface area contributed by atoms with Gasteiger partial charge in [-0.05, 0) is 37.1 Å². The molecule has 0 bridgehead atoms. The minimum absolute atomic E-state index is 0.112. The number of nitrogens with zero attached hydrogens (tertiary/aromatic N) is 1. The van der Waals surface area contributed by atoms with E-state index in [1.165, 1.54) is 5.56 Å². The molecule has 2 aromatic carbocycles. The number of aliphatic hydroxyl groups is 1. The van der Waals surface area contributed by atoms with Gasteiger partial charge in [-0.3, -0.25) is 4.90 Å². The molecule has 3 rings (SSSR count). The number of hydrogen-bond acceptors (Lipinski definition) is 5. The Morgan fingerprint density at radius 2 is 1.73 bits per heavy atom. The van der Waals surface area contributed by atoms with Gasteiger partial charge < -0.3 is 19.3 Å². The van der Waals surface area contributed by atoms with Crippen LogP contribution in [-0.2, 0) is 17.8 Å². The fraction of sp³-hybridized carbons (Fsp3) is 0.429. The first kappa shape index (κ1) is 18.7. The van der Waals surface area contributed by atoms with Crippen LogP contribution in [0.2, 0.25) is 0 Å². The molecule has 1 atom stereocenters. The summed E-state index contributed by atoms with van der Waals surface area (Å²) in [5.74, 6) is 1.57. The maximum absolute atomic E-state index is 10.4. The van der Waals surface area contributed by atoms with Gasteiger partial charge in [0.25, 0.3) is 0 Å². The van der Waals surface area contributed by atoms with Gasteiger partial charge in [-0.2, -0.15) is 0 Å². The first-order valence-corrected chi connectivity index (χ1v) is 9.04. The van der Waals surface area contributed by atoms with Crippen molar-refractivity contribution in [3.8, 4) is 11.5 Å². The molecule has 0 aromatic heterocycles. The number of rotatable bonds is 9. The molecule has 0 radical (unpaired) electrons. The van der Waals surface area contributed by atoms with Crippen molar-refractivity contribution in [2.45, 2.75) is 39.1 Å². The molecule has 0 spiro atoms. The minimum atomic E-state index is -0.532. The second-order valence-corrected chi connectivity index (χ2v) is 6.88. The fourth-order valence-electron chi connectivity index (χ4n) is 2.98. The summed E-state index contributed by atoms with van der Waals surface area (Å²) < 4.78 is 16.4. The largest absolute Gasteiger partial charge is 0.454 e. The average Bonchev–Trinajstić information content (AvgIpc) is 3.08. The summed E-state index contributed by atoms with van der Waals surface area (Å²) in [5.41, 5.74) is 2.34. The normalized spacial score (nSPS) is 14.2. The van der Waals surface area contributed by atoms with Crippen molar-refractivity contribution in [2.75, 3.05) is 19.9 Å². The first-order valence-electron chi connectivity index (χ1n) is 9.04. The van der Waals surface area contributed by atoms with E-state index in [-0.39, 0.29) is 12.9 Å². The molecular weight excluding hydrogens is 330 g/mol. The zero-order chi connectivity index (χ0) is 18.4. The topological polar surface area (TPSA) is 51.2 Å². The van der Waals surface area contributed by atoms with Crippen molar-refractivity contribution < 1.29 is 19.3 Å². The van der Waals surface area contributed by atoms with E-state index in [4.69, 9.17) is 14.2 Å². The Kier molecular flexibility index (Phi) is 6.50. The molecule has 1 aliphatic heterocycles. The lowest BCUT2D eigenvalue weighted by Crippen LogP contribution is -2.34. The lowest BCUT2D eigenvalue weighted by atomic mass is 10.1. The molecule has 5 heteroatoms. The van der Waals surface area contributed by atoms with Crippen LogP contribution in [0.1, 0.15) is 25.0 Å². The third kappa shape index (κ3) is 5.46. The standard InChI is InChI=1S/C21H27NO4/c1-16(2)24-14-19(23)13-22(11-17-6-4-3-5-7-17)12-18-8-9-20-21(10-18)26-15-25-20/h3-10,16,19,23H,11-15H2,1-2H3/t19-/m0/s1. The summed E-state index contributed by atoms with van der Waals surface area (Å²) in [6.45, 7) is 6.57. The molecule has 0 saturated carbocycles. The second kappa shape index (κ2) is 9.03. The Bertz CT molecular complexity index is 690. The predicted octanol–water partition coefficient (Wildman–Crippen LogP) is 3.20. The average molecular weight is 357 g/mol. The SMILES string of the molecule is CC(C)OC[C@@H](O)CN(Cc1ccccc1)Cc1ccc2c(c1)OCO2. The Balaban J connectivity index is 1.67. The smallest absolute Gasteiger partial charge is 0.231 e. The van der Waals surface area contributed by atoms with Crippen molar-refractivity contribution in [1.82, 2.24) is 4.90 Å². The van der Waals surface area contributed by atoms with Crippen molar-refractivity contribution in [2.24, 2.45) is 0 Å². The van der Waals surface area contributed by atoms with Crippen LogP contribution in [-0.4, -0.2) is 42.2 Å². The van der Waals surface area contributed by atoms with Gasteiger partial charge in [0, 0.05) is 19.6 Å². The highest BCUT2D eigenvalue weighted by atomic mass is 16.7.